The normalized spacial score (nSPS) is 14.2. The number of unbranched alkanes of at least 4 members (excludes halogenated alkanes) is 48. The molecule has 0 saturated heterocycles. The largest absolute Gasteiger partial charge is 0.472 e. The molecule has 588 valence electrons. The molecule has 3 unspecified atom stereocenters. The first-order chi connectivity index (χ1) is 47.9. The maximum Gasteiger partial charge on any atom is 0.472 e. The van der Waals surface area contributed by atoms with Crippen molar-refractivity contribution in [3.05, 3.63) is 0 Å². The molecule has 0 radical (unpaired) electrons. The van der Waals surface area contributed by atoms with Crippen LogP contribution in [0, 0.1) is 11.8 Å². The van der Waals surface area contributed by atoms with Crippen molar-refractivity contribution in [1.29, 1.82) is 0 Å². The van der Waals surface area contributed by atoms with E-state index >= 15 is 0 Å². The number of esters is 4. The van der Waals surface area contributed by atoms with Gasteiger partial charge >= 0.3 is 39.5 Å². The summed E-state index contributed by atoms with van der Waals surface area (Å²) in [5.74, 6) is -0.489. The zero-order chi connectivity index (χ0) is 72.8. The van der Waals surface area contributed by atoms with Crippen LogP contribution >= 0.6 is 15.6 Å². The average Bonchev–Trinajstić information content (AvgIpc) is 1.07. The van der Waals surface area contributed by atoms with Crippen molar-refractivity contribution >= 4 is 39.5 Å². The Morgan fingerprint density at radius 1 is 0.293 bits per heavy atom. The minimum atomic E-state index is -4.96. The number of carbonyl (C=O) groups is 4. The van der Waals surface area contributed by atoms with E-state index < -0.39 is 97.5 Å². The van der Waals surface area contributed by atoms with Crippen LogP contribution in [-0.2, 0) is 65.4 Å². The SMILES string of the molecule is CCCCCCCCCCCCCCCCCCCCC(=O)OC[C@H](COP(=O)(O)OC[C@@H](O)COP(=O)(O)OC[C@@H](COC(=O)CCCCCCCCCC)OC(=O)CCCCCCCCCCCCCCC(C)C)OC(=O)CCCCCCCCCCCCCCCCC(C)CC. The van der Waals surface area contributed by atoms with E-state index in [1.165, 1.54) is 231 Å². The van der Waals surface area contributed by atoms with E-state index in [2.05, 4.69) is 41.5 Å². The molecular formula is C80H156O17P2. The Morgan fingerprint density at radius 2 is 0.515 bits per heavy atom. The predicted octanol–water partition coefficient (Wildman–Crippen LogP) is 23.9. The molecule has 0 spiro atoms. The number of hydrogen-bond donors (Lipinski definition) is 3. The minimum absolute atomic E-state index is 0.107. The summed E-state index contributed by atoms with van der Waals surface area (Å²) < 4.78 is 68.6. The van der Waals surface area contributed by atoms with E-state index in [4.69, 9.17) is 37.0 Å². The van der Waals surface area contributed by atoms with Crippen LogP contribution in [-0.4, -0.2) is 96.7 Å². The van der Waals surface area contributed by atoms with Crippen molar-refractivity contribution in [2.75, 3.05) is 39.6 Å². The van der Waals surface area contributed by atoms with Gasteiger partial charge in [-0.05, 0) is 37.5 Å². The molecule has 0 heterocycles. The molecule has 0 aromatic carbocycles. The van der Waals surface area contributed by atoms with E-state index in [1.807, 2.05) is 0 Å². The Bertz CT molecular complexity index is 1910. The van der Waals surface area contributed by atoms with Gasteiger partial charge in [-0.15, -0.1) is 0 Å². The lowest BCUT2D eigenvalue weighted by Gasteiger charge is -2.21. The third-order valence-electron chi connectivity index (χ3n) is 19.1. The minimum Gasteiger partial charge on any atom is -0.462 e. The number of phosphoric acid groups is 2. The van der Waals surface area contributed by atoms with E-state index in [0.29, 0.717) is 25.7 Å². The number of carbonyl (C=O) groups excluding carboxylic acids is 4. The first-order valence-corrected chi connectivity index (χ1v) is 44.5. The average molecular weight is 1450 g/mol. The van der Waals surface area contributed by atoms with E-state index in [1.54, 1.807) is 0 Å². The van der Waals surface area contributed by atoms with Gasteiger partial charge in [-0.1, -0.05) is 369 Å². The van der Waals surface area contributed by atoms with Gasteiger partial charge in [0, 0.05) is 25.7 Å². The maximum atomic E-state index is 13.1. The third-order valence-corrected chi connectivity index (χ3v) is 21.0. The number of rotatable bonds is 79. The molecule has 0 saturated carbocycles. The smallest absolute Gasteiger partial charge is 0.462 e. The molecule has 0 aromatic rings. The van der Waals surface area contributed by atoms with Crippen LogP contribution in [0.3, 0.4) is 0 Å². The second-order valence-electron chi connectivity index (χ2n) is 29.5. The number of aliphatic hydroxyl groups excluding tert-OH is 1. The van der Waals surface area contributed by atoms with Gasteiger partial charge in [-0.3, -0.25) is 37.3 Å². The summed E-state index contributed by atoms with van der Waals surface area (Å²) in [5, 5.41) is 10.6. The van der Waals surface area contributed by atoms with Gasteiger partial charge in [0.25, 0.3) is 0 Å². The topological polar surface area (TPSA) is 237 Å². The highest BCUT2D eigenvalue weighted by atomic mass is 31.2. The summed E-state index contributed by atoms with van der Waals surface area (Å²) in [6, 6.07) is 0. The van der Waals surface area contributed by atoms with Crippen molar-refractivity contribution in [2.24, 2.45) is 11.8 Å². The van der Waals surface area contributed by atoms with Crippen LogP contribution < -0.4 is 0 Å². The Balaban J connectivity index is 5.21. The predicted molar refractivity (Wildman–Crippen MR) is 405 cm³/mol. The monoisotopic (exact) mass is 1450 g/mol. The summed E-state index contributed by atoms with van der Waals surface area (Å²) in [5.41, 5.74) is 0. The maximum absolute atomic E-state index is 13.1. The highest BCUT2D eigenvalue weighted by molar-refractivity contribution is 7.47. The van der Waals surface area contributed by atoms with Gasteiger partial charge in [0.15, 0.2) is 12.2 Å². The fourth-order valence-corrected chi connectivity index (χ4v) is 13.9. The lowest BCUT2D eigenvalue weighted by Crippen LogP contribution is -2.30. The Morgan fingerprint density at radius 3 is 0.768 bits per heavy atom. The second kappa shape index (κ2) is 71.7. The summed E-state index contributed by atoms with van der Waals surface area (Å²) >= 11 is 0. The fraction of sp³-hybridized carbons (Fsp3) is 0.950. The summed E-state index contributed by atoms with van der Waals surface area (Å²) in [6.45, 7) is 9.67. The molecule has 0 aliphatic carbocycles. The Labute approximate surface area is 607 Å². The molecule has 19 heteroatoms. The zero-order valence-electron chi connectivity index (χ0n) is 64.8. The number of ether oxygens (including phenoxy) is 4. The van der Waals surface area contributed by atoms with E-state index in [-0.39, 0.29) is 25.7 Å². The molecule has 6 atom stereocenters. The molecule has 0 bridgehead atoms. The van der Waals surface area contributed by atoms with Crippen molar-refractivity contribution in [1.82, 2.24) is 0 Å². The Hall–Kier alpha value is -1.94. The van der Waals surface area contributed by atoms with Gasteiger partial charge < -0.3 is 33.8 Å². The van der Waals surface area contributed by atoms with Crippen LogP contribution in [0.1, 0.15) is 420 Å². The molecule has 3 N–H and O–H groups in total. The fourth-order valence-electron chi connectivity index (χ4n) is 12.3. The third kappa shape index (κ3) is 72.8. The number of phosphoric ester groups is 2. The molecular weight excluding hydrogens is 1290 g/mol. The van der Waals surface area contributed by atoms with Gasteiger partial charge in [0.2, 0.25) is 0 Å². The van der Waals surface area contributed by atoms with Gasteiger partial charge in [-0.25, -0.2) is 9.13 Å². The van der Waals surface area contributed by atoms with Crippen molar-refractivity contribution in [3.8, 4) is 0 Å². The van der Waals surface area contributed by atoms with Crippen LogP contribution in [0.5, 0.6) is 0 Å². The van der Waals surface area contributed by atoms with Crippen molar-refractivity contribution in [2.45, 2.75) is 439 Å². The summed E-state index contributed by atoms with van der Waals surface area (Å²) in [4.78, 5) is 72.9. The number of hydrogen-bond acceptors (Lipinski definition) is 15. The molecule has 17 nitrogen and oxygen atoms in total. The van der Waals surface area contributed by atoms with E-state index in [9.17, 15) is 43.2 Å². The summed E-state index contributed by atoms with van der Waals surface area (Å²) in [6.07, 6.45) is 61.0. The first kappa shape index (κ1) is 97.1. The van der Waals surface area contributed by atoms with Crippen molar-refractivity contribution < 1.29 is 80.2 Å². The van der Waals surface area contributed by atoms with Crippen LogP contribution in [0.25, 0.3) is 0 Å². The molecule has 99 heavy (non-hydrogen) atoms. The second-order valence-corrected chi connectivity index (χ2v) is 32.4. The highest BCUT2D eigenvalue weighted by Crippen LogP contribution is 2.45. The molecule has 0 fully saturated rings. The molecule has 0 aromatic heterocycles. The summed E-state index contributed by atoms with van der Waals surface area (Å²) in [7, 11) is -9.91. The lowest BCUT2D eigenvalue weighted by atomic mass is 9.99. The molecule has 0 aliphatic rings. The zero-order valence-corrected chi connectivity index (χ0v) is 66.6. The van der Waals surface area contributed by atoms with Gasteiger partial charge in [0.1, 0.15) is 19.3 Å². The molecule has 0 rings (SSSR count). The van der Waals surface area contributed by atoms with E-state index in [0.717, 1.165) is 108 Å². The Kier molecular flexibility index (Phi) is 70.3. The van der Waals surface area contributed by atoms with Crippen LogP contribution in [0.2, 0.25) is 0 Å². The van der Waals surface area contributed by atoms with Crippen LogP contribution in [0.15, 0.2) is 0 Å². The highest BCUT2D eigenvalue weighted by Gasteiger charge is 2.30. The lowest BCUT2D eigenvalue weighted by molar-refractivity contribution is -0.161. The van der Waals surface area contributed by atoms with Gasteiger partial charge in [-0.2, -0.15) is 0 Å². The van der Waals surface area contributed by atoms with Crippen molar-refractivity contribution in [3.63, 3.8) is 0 Å². The quantitative estimate of drug-likeness (QED) is 0.0222. The molecule has 0 amide bonds. The van der Waals surface area contributed by atoms with Crippen LogP contribution in [0.4, 0.5) is 0 Å². The number of aliphatic hydroxyl groups is 1. The molecule has 0 aliphatic heterocycles. The van der Waals surface area contributed by atoms with Gasteiger partial charge in [0.05, 0.1) is 26.4 Å². The standard InChI is InChI=1S/C80H156O17P2/c1-7-10-12-14-16-18-19-20-21-22-23-24-28-34-39-45-51-57-63-78(83)91-69-76(97-79(84)64-58-52-46-40-35-29-26-25-27-33-38-43-49-55-61-73(6)9-3)71-95-99(88,89)93-67-74(81)66-92-98(86,87)94-70-75(68-90-77(82)62-56-50-44-17-15-13-11-8-2)96-80(85)65-59-53-47-41-36-31-30-32-37-42-48-54-60-72(4)5/h72-76,81H,7-71H2,1-6H3,(H,86,87)(H,88,89)/t73?,74-,75+,76+/m0/s1. The first-order valence-electron chi connectivity index (χ1n) is 41.5.